The number of hydrogen-bond acceptors (Lipinski definition) is 20. The largest absolute Gasteiger partial charge is 2.00 e. The summed E-state index contributed by atoms with van der Waals surface area (Å²) < 4.78 is 56.1. The molecule has 8 aliphatic heterocycles. The Kier molecular flexibility index (Phi) is 23.7. The van der Waals surface area contributed by atoms with E-state index in [0.29, 0.717) is 192 Å². The predicted octanol–water partition coefficient (Wildman–Crippen LogP) is 12.3. The normalized spacial score (nSPS) is 20.1. The van der Waals surface area contributed by atoms with Crippen molar-refractivity contribution < 1.29 is 55.0 Å². The fraction of sp³-hybridized carbons (Fsp3) is 0.610. The SMILES string of the molecule is [Cu+2].c1c(OCC2CCNCC2)c(OCC2CCNCC2)cc2c1-c1nc-2nc2[n-]c(nc3nc(nc4[n-]c(n1)c1cc(OCC5CCCCC5)c(OCC5CCCCC5)cc41)-c1cc(OCC4CCNCC4)c(OCC4CCNCC4)cc1-3)c1cc(OCC3CCNCC3)c(OCC3CCNCC3)cc21. The molecule has 3 aromatic heterocycles. The Bertz CT molecular complexity index is 3750. The summed E-state index contributed by atoms with van der Waals surface area (Å²) in [6, 6.07) is 16.6. The Balaban J connectivity index is 0.00000847. The maximum atomic E-state index is 7.04. The minimum absolute atomic E-state index is 0. The van der Waals surface area contributed by atoms with Crippen molar-refractivity contribution in [1.82, 2.24) is 71.8 Å². The van der Waals surface area contributed by atoms with Gasteiger partial charge in [0.2, 0.25) is 0 Å². The molecule has 0 unspecified atom stereocenters. The molecule has 11 heterocycles. The van der Waals surface area contributed by atoms with Crippen LogP contribution in [0.4, 0.5) is 0 Å². The second kappa shape index (κ2) is 34.4. The summed E-state index contributed by atoms with van der Waals surface area (Å²) in [7, 11) is 0. The first-order chi connectivity index (χ1) is 51.5. The van der Waals surface area contributed by atoms with Crippen molar-refractivity contribution in [1.29, 1.82) is 0 Å². The summed E-state index contributed by atoms with van der Waals surface area (Å²) in [4.78, 5) is 44.6. The first kappa shape index (κ1) is 72.1. The molecule has 0 atom stereocenters. The summed E-state index contributed by atoms with van der Waals surface area (Å²) >= 11 is 0. The molecule has 563 valence electrons. The molecule has 4 aromatic carbocycles. The molecule has 10 aliphatic rings. The first-order valence-corrected chi connectivity index (χ1v) is 40.2. The number of nitrogens with zero attached hydrogens (tertiary/aromatic N) is 8. The van der Waals surface area contributed by atoms with Gasteiger partial charge in [0.15, 0.2) is 46.0 Å². The van der Waals surface area contributed by atoms with Crippen LogP contribution in [0.15, 0.2) is 48.5 Å². The molecular formula is C82H106CuN14O8. The van der Waals surface area contributed by atoms with E-state index in [4.69, 9.17) is 77.8 Å². The van der Waals surface area contributed by atoms with Crippen LogP contribution in [0.1, 0.15) is 141 Å². The van der Waals surface area contributed by atoms with Crippen LogP contribution in [0.3, 0.4) is 0 Å². The van der Waals surface area contributed by atoms with Gasteiger partial charge in [-0.05, 0) is 299 Å². The minimum Gasteiger partial charge on any atom is -0.489 e. The van der Waals surface area contributed by atoms with Crippen molar-refractivity contribution in [2.45, 2.75) is 141 Å². The number of fused-ring (bicyclic) bond motifs is 20. The Morgan fingerprint density at radius 3 is 0.619 bits per heavy atom. The maximum absolute atomic E-state index is 7.04. The summed E-state index contributed by atoms with van der Waals surface area (Å²) in [5.41, 5.74) is 4.63. The van der Waals surface area contributed by atoms with Crippen LogP contribution in [0.5, 0.6) is 46.0 Å². The van der Waals surface area contributed by atoms with Gasteiger partial charge in [-0.25, -0.2) is 9.97 Å². The molecule has 2 aliphatic carbocycles. The van der Waals surface area contributed by atoms with Crippen LogP contribution in [-0.4, -0.2) is 161 Å². The predicted molar refractivity (Wildman–Crippen MR) is 405 cm³/mol. The zero-order valence-corrected chi connectivity index (χ0v) is 62.0. The van der Waals surface area contributed by atoms with Crippen LogP contribution < -0.4 is 79.8 Å². The third-order valence-electron chi connectivity index (χ3n) is 24.0. The van der Waals surface area contributed by atoms with Crippen LogP contribution in [0.25, 0.3) is 89.7 Å². The summed E-state index contributed by atoms with van der Waals surface area (Å²) in [5.74, 6) is 10.1. The van der Waals surface area contributed by atoms with E-state index in [-0.39, 0.29) is 17.1 Å². The van der Waals surface area contributed by atoms with Crippen molar-refractivity contribution in [2.75, 3.05) is 131 Å². The number of benzene rings is 4. The quantitative estimate of drug-likeness (QED) is 0.0308. The van der Waals surface area contributed by atoms with Crippen molar-refractivity contribution in [2.24, 2.45) is 47.3 Å². The topological polar surface area (TPSA) is 252 Å². The average molecular weight is 1480 g/mol. The number of nitrogens with one attached hydrogen (secondary N) is 6. The van der Waals surface area contributed by atoms with Gasteiger partial charge in [0.05, 0.1) is 76.2 Å². The summed E-state index contributed by atoms with van der Waals surface area (Å²) in [5, 5.41) is 24.2. The van der Waals surface area contributed by atoms with E-state index in [2.05, 4.69) is 80.4 Å². The van der Waals surface area contributed by atoms with E-state index in [1.807, 2.05) is 0 Å². The van der Waals surface area contributed by atoms with E-state index in [1.54, 1.807) is 0 Å². The van der Waals surface area contributed by atoms with Crippen LogP contribution in [0, 0.1) is 47.3 Å². The second-order valence-corrected chi connectivity index (χ2v) is 31.5. The number of aromatic nitrogens is 8. The van der Waals surface area contributed by atoms with Gasteiger partial charge in [-0.1, -0.05) is 38.5 Å². The van der Waals surface area contributed by atoms with Crippen molar-refractivity contribution in [3.05, 3.63) is 48.5 Å². The second-order valence-electron chi connectivity index (χ2n) is 31.5. The van der Waals surface area contributed by atoms with Crippen LogP contribution in [0.2, 0.25) is 0 Å². The van der Waals surface area contributed by atoms with Crippen molar-refractivity contribution in [3.63, 3.8) is 0 Å². The van der Waals surface area contributed by atoms with Gasteiger partial charge >= 0.3 is 17.1 Å². The van der Waals surface area contributed by atoms with Gasteiger partial charge in [-0.3, -0.25) is 0 Å². The Hall–Kier alpha value is -7.08. The molecule has 17 rings (SSSR count). The zero-order chi connectivity index (χ0) is 69.4. The Labute approximate surface area is 627 Å². The molecule has 23 heteroatoms. The fourth-order valence-electron chi connectivity index (χ4n) is 17.2. The molecule has 8 fully saturated rings. The molecule has 6 saturated heterocycles. The number of hydrogen-bond donors (Lipinski definition) is 6. The Morgan fingerprint density at radius 1 is 0.238 bits per heavy atom. The molecule has 0 spiro atoms. The van der Waals surface area contributed by atoms with E-state index in [9.17, 15) is 0 Å². The number of ether oxygens (including phenoxy) is 8. The third kappa shape index (κ3) is 17.3. The van der Waals surface area contributed by atoms with Crippen LogP contribution >= 0.6 is 0 Å². The molecule has 8 bridgehead atoms. The van der Waals surface area contributed by atoms with Crippen molar-refractivity contribution >= 4 is 44.1 Å². The molecule has 2 saturated carbocycles. The molecule has 6 N–H and O–H groups in total. The van der Waals surface area contributed by atoms with Gasteiger partial charge in [0.25, 0.3) is 0 Å². The number of rotatable bonds is 24. The first-order valence-electron chi connectivity index (χ1n) is 40.2. The van der Waals surface area contributed by atoms with Gasteiger partial charge < -0.3 is 99.7 Å². The van der Waals surface area contributed by atoms with Gasteiger partial charge in [-0.15, -0.1) is 0 Å². The molecule has 7 aromatic rings. The molecule has 22 nitrogen and oxygen atoms in total. The standard InChI is InChI=1S/C82H106N14O8.Cu/c1-3-7-51(8-4-1)43-97-67-35-59-60(36-68(67)98-44-52-9-5-2-6-10-52)76-89-75(59)90-77-61-37-69(99-45-53-11-23-83-24-12-53)71(101-47-55-15-27-85-28-16-55)39-63(61)79(92-77)94-81-65-41-73(103-49-57-19-31-87-32-20-57)74(104-50-58-21-33-88-34-22-58)42-66(65)82(96-81)95-80-64-40-72(102-48-56-17-29-86-30-18-56)70(38-62(64)78(91-76)93-80)100-46-54-13-25-84-26-14-54;/h35-42,51-58,83-88H,1-34,43-50H2;/q-2;+2. The fourth-order valence-corrected chi connectivity index (χ4v) is 17.2. The third-order valence-corrected chi connectivity index (χ3v) is 24.0. The van der Waals surface area contributed by atoms with Gasteiger partial charge in [0.1, 0.15) is 0 Å². The smallest absolute Gasteiger partial charge is 0.489 e. The molecule has 1 radical (unpaired) electrons. The van der Waals surface area contributed by atoms with Gasteiger partial charge in [-0.2, -0.15) is 0 Å². The molecule has 105 heavy (non-hydrogen) atoms. The maximum Gasteiger partial charge on any atom is 2.00 e. The van der Waals surface area contributed by atoms with E-state index < -0.39 is 0 Å². The monoisotopic (exact) mass is 1480 g/mol. The van der Waals surface area contributed by atoms with Crippen LogP contribution in [-0.2, 0) is 17.1 Å². The average Bonchev–Trinajstić information content (AvgIpc) is 1.59. The van der Waals surface area contributed by atoms with E-state index in [1.165, 1.54) is 38.5 Å². The van der Waals surface area contributed by atoms with E-state index >= 15 is 0 Å². The summed E-state index contributed by atoms with van der Waals surface area (Å²) in [6.07, 6.45) is 24.3. The van der Waals surface area contributed by atoms with E-state index in [0.717, 1.165) is 225 Å². The molecule has 0 amide bonds. The van der Waals surface area contributed by atoms with Crippen molar-refractivity contribution in [3.8, 4) is 91.5 Å². The Morgan fingerprint density at radius 2 is 0.419 bits per heavy atom. The zero-order valence-electron chi connectivity index (χ0n) is 61.1. The minimum atomic E-state index is 0. The van der Waals surface area contributed by atoms with Gasteiger partial charge in [0, 0.05) is 44.8 Å². The summed E-state index contributed by atoms with van der Waals surface area (Å²) in [6.45, 7) is 16.0. The number of piperidine rings is 6. The molecular weight excluding hydrogens is 1370 g/mol.